The average Bonchev–Trinajstić information content (AvgIpc) is 3.53. The Morgan fingerprint density at radius 1 is 0.971 bits per heavy atom. The number of anilines is 1. The highest BCUT2D eigenvalue weighted by Crippen LogP contribution is 2.29. The Bertz CT molecular complexity index is 1510. The molecule has 0 unspecified atom stereocenters. The molecule has 2 N–H and O–H groups in total. The number of aryl methyl sites for hydroxylation is 2. The highest BCUT2D eigenvalue weighted by molar-refractivity contribution is 7.89. The number of hydrogen-bond donors (Lipinski definition) is 2. The maximum atomic E-state index is 13.5. The number of benzene rings is 3. The van der Waals surface area contributed by atoms with Crippen molar-refractivity contribution in [3.05, 3.63) is 95.7 Å². The van der Waals surface area contributed by atoms with Crippen molar-refractivity contribution in [2.45, 2.75) is 37.6 Å². The number of carbonyl (C=O) groups is 1. The monoisotopic (exact) mass is 486 g/mol. The number of nitrogens with one attached hydrogen (secondary N) is 2. The van der Waals surface area contributed by atoms with Crippen molar-refractivity contribution in [3.63, 3.8) is 0 Å². The van der Waals surface area contributed by atoms with Gasteiger partial charge in [0.05, 0.1) is 16.1 Å². The Hall–Kier alpha value is -3.75. The Balaban J connectivity index is 1.51. The second-order valence-electron chi connectivity index (χ2n) is 8.87. The van der Waals surface area contributed by atoms with Gasteiger partial charge in [-0.3, -0.25) is 4.79 Å². The lowest BCUT2D eigenvalue weighted by Crippen LogP contribution is -2.25. The van der Waals surface area contributed by atoms with Gasteiger partial charge in [0.25, 0.3) is 5.91 Å². The van der Waals surface area contributed by atoms with E-state index >= 15 is 0 Å². The van der Waals surface area contributed by atoms with Gasteiger partial charge in [-0.05, 0) is 62.6 Å². The van der Waals surface area contributed by atoms with E-state index in [1.165, 1.54) is 12.1 Å². The van der Waals surface area contributed by atoms with E-state index in [1.54, 1.807) is 23.0 Å². The topological polar surface area (TPSA) is 93.1 Å². The maximum absolute atomic E-state index is 13.5. The van der Waals surface area contributed by atoms with Crippen molar-refractivity contribution >= 4 is 21.6 Å². The summed E-state index contributed by atoms with van der Waals surface area (Å²) in [4.78, 5) is 13.6. The zero-order valence-electron chi connectivity index (χ0n) is 19.5. The second-order valence-corrected chi connectivity index (χ2v) is 10.6. The Morgan fingerprint density at radius 3 is 2.46 bits per heavy atom. The molecule has 0 atom stereocenters. The minimum absolute atomic E-state index is 0.00220. The van der Waals surface area contributed by atoms with E-state index in [2.05, 4.69) is 16.1 Å². The van der Waals surface area contributed by atoms with Crippen LogP contribution in [0.2, 0.25) is 0 Å². The molecule has 0 aliphatic heterocycles. The van der Waals surface area contributed by atoms with Crippen LogP contribution in [0.4, 0.5) is 5.69 Å². The van der Waals surface area contributed by atoms with E-state index in [4.69, 9.17) is 5.10 Å². The molecule has 1 heterocycles. The lowest BCUT2D eigenvalue weighted by molar-refractivity contribution is 0.102. The zero-order chi connectivity index (χ0) is 24.6. The molecule has 4 aromatic rings. The molecule has 1 amide bonds. The van der Waals surface area contributed by atoms with Crippen molar-refractivity contribution in [2.24, 2.45) is 0 Å². The highest BCUT2D eigenvalue weighted by atomic mass is 32.2. The summed E-state index contributed by atoms with van der Waals surface area (Å²) >= 11 is 0. The van der Waals surface area contributed by atoms with E-state index in [9.17, 15) is 13.2 Å². The number of rotatable bonds is 7. The molecule has 1 aliphatic carbocycles. The highest BCUT2D eigenvalue weighted by Gasteiger charge is 2.28. The Morgan fingerprint density at radius 2 is 1.74 bits per heavy atom. The van der Waals surface area contributed by atoms with Crippen LogP contribution in [0.15, 0.2) is 83.9 Å². The number of para-hydroxylation sites is 1. The first-order valence-electron chi connectivity index (χ1n) is 11.5. The fourth-order valence-electron chi connectivity index (χ4n) is 3.96. The van der Waals surface area contributed by atoms with Crippen LogP contribution in [0.1, 0.15) is 34.3 Å². The van der Waals surface area contributed by atoms with E-state index in [0.29, 0.717) is 16.9 Å². The first kappa shape index (κ1) is 23.0. The molecule has 178 valence electrons. The molecule has 5 rings (SSSR count). The molecule has 0 bridgehead atoms. The fourth-order valence-corrected chi connectivity index (χ4v) is 5.31. The van der Waals surface area contributed by atoms with Crippen molar-refractivity contribution in [2.75, 3.05) is 5.32 Å². The van der Waals surface area contributed by atoms with Gasteiger partial charge in [-0.1, -0.05) is 48.0 Å². The summed E-state index contributed by atoms with van der Waals surface area (Å²) in [6, 6.07) is 21.9. The first-order chi connectivity index (χ1) is 16.8. The number of hydrogen-bond acceptors (Lipinski definition) is 4. The molecule has 1 fully saturated rings. The van der Waals surface area contributed by atoms with Crippen LogP contribution in [0, 0.1) is 13.8 Å². The summed E-state index contributed by atoms with van der Waals surface area (Å²) in [6.07, 6.45) is 3.40. The number of nitrogens with zero attached hydrogens (tertiary/aromatic N) is 2. The van der Waals surface area contributed by atoms with Gasteiger partial charge >= 0.3 is 0 Å². The first-order valence-corrected chi connectivity index (χ1v) is 12.9. The molecule has 7 nitrogen and oxygen atoms in total. The summed E-state index contributed by atoms with van der Waals surface area (Å²) in [5.74, 6) is -0.369. The summed E-state index contributed by atoms with van der Waals surface area (Å²) < 4.78 is 29.6. The van der Waals surface area contributed by atoms with Crippen LogP contribution >= 0.6 is 0 Å². The van der Waals surface area contributed by atoms with Gasteiger partial charge in [-0.2, -0.15) is 5.10 Å². The number of amides is 1. The summed E-state index contributed by atoms with van der Waals surface area (Å²) in [7, 11) is -3.63. The molecule has 1 aliphatic rings. The third-order valence-electron chi connectivity index (χ3n) is 5.92. The number of sulfonamides is 1. The zero-order valence-corrected chi connectivity index (χ0v) is 20.3. The molecule has 35 heavy (non-hydrogen) atoms. The van der Waals surface area contributed by atoms with Crippen LogP contribution in [-0.2, 0) is 10.0 Å². The van der Waals surface area contributed by atoms with Crippen LogP contribution in [-0.4, -0.2) is 30.1 Å². The van der Waals surface area contributed by atoms with Crippen molar-refractivity contribution in [1.29, 1.82) is 0 Å². The molecule has 0 saturated heterocycles. The van der Waals surface area contributed by atoms with Crippen molar-refractivity contribution in [3.8, 4) is 16.9 Å². The number of aromatic nitrogens is 2. The van der Waals surface area contributed by atoms with Gasteiger partial charge in [0.1, 0.15) is 5.69 Å². The molecule has 0 spiro atoms. The quantitative estimate of drug-likeness (QED) is 0.391. The summed E-state index contributed by atoms with van der Waals surface area (Å²) in [6.45, 7) is 4.01. The lowest BCUT2D eigenvalue weighted by Gasteiger charge is -2.10. The van der Waals surface area contributed by atoms with E-state index in [0.717, 1.165) is 35.2 Å². The minimum atomic E-state index is -3.63. The standard InChI is InChI=1S/C27H26N4O3S/c1-18-11-14-24(19(2)15-18)26-25(17-31(29-26)22-8-4-3-5-9-22)27(32)28-21-7-6-10-23(16-21)35(33,34)30-20-12-13-20/h3-11,14-17,20,30H,12-13H2,1-2H3,(H,28,32). The van der Waals surface area contributed by atoms with E-state index in [1.807, 2.05) is 56.3 Å². The SMILES string of the molecule is Cc1ccc(-c2nn(-c3ccccc3)cc2C(=O)Nc2cccc(S(=O)(=O)NC3CC3)c2)c(C)c1. The fraction of sp³-hybridized carbons (Fsp3) is 0.185. The minimum Gasteiger partial charge on any atom is -0.322 e. The predicted octanol–water partition coefficient (Wildman–Crippen LogP) is 4.85. The van der Waals surface area contributed by atoms with Crippen LogP contribution in [0.25, 0.3) is 16.9 Å². The molecule has 0 radical (unpaired) electrons. The van der Waals surface area contributed by atoms with Gasteiger partial charge < -0.3 is 5.32 Å². The second kappa shape index (κ2) is 9.13. The molecule has 1 aromatic heterocycles. The predicted molar refractivity (Wildman–Crippen MR) is 136 cm³/mol. The maximum Gasteiger partial charge on any atom is 0.259 e. The van der Waals surface area contributed by atoms with E-state index < -0.39 is 10.0 Å². The largest absolute Gasteiger partial charge is 0.322 e. The smallest absolute Gasteiger partial charge is 0.259 e. The van der Waals surface area contributed by atoms with Gasteiger partial charge in [0.15, 0.2) is 0 Å². The Labute approximate surface area is 204 Å². The molecule has 8 heteroatoms. The third-order valence-corrected chi connectivity index (χ3v) is 7.44. The van der Waals surface area contributed by atoms with Gasteiger partial charge in [0, 0.05) is 23.5 Å². The lowest BCUT2D eigenvalue weighted by atomic mass is 10.0. The summed E-state index contributed by atoms with van der Waals surface area (Å²) in [5.41, 5.74) is 5.17. The van der Waals surface area contributed by atoms with Gasteiger partial charge in [0.2, 0.25) is 10.0 Å². The van der Waals surface area contributed by atoms with Crippen molar-refractivity contribution in [1.82, 2.24) is 14.5 Å². The third kappa shape index (κ3) is 5.03. The van der Waals surface area contributed by atoms with Crippen LogP contribution < -0.4 is 10.0 Å². The normalized spacial score (nSPS) is 13.5. The van der Waals surface area contributed by atoms with Crippen LogP contribution in [0.3, 0.4) is 0 Å². The van der Waals surface area contributed by atoms with Gasteiger partial charge in [-0.15, -0.1) is 0 Å². The molecular formula is C27H26N4O3S. The van der Waals surface area contributed by atoms with Crippen LogP contribution in [0.5, 0.6) is 0 Å². The number of carbonyl (C=O) groups excluding carboxylic acids is 1. The van der Waals surface area contributed by atoms with E-state index in [-0.39, 0.29) is 16.8 Å². The molecule has 1 saturated carbocycles. The van der Waals surface area contributed by atoms with Crippen molar-refractivity contribution < 1.29 is 13.2 Å². The Kier molecular flexibility index (Phi) is 6.00. The molecular weight excluding hydrogens is 460 g/mol. The average molecular weight is 487 g/mol. The molecule has 3 aromatic carbocycles. The van der Waals surface area contributed by atoms with Gasteiger partial charge in [-0.25, -0.2) is 17.8 Å². The summed E-state index contributed by atoms with van der Waals surface area (Å²) in [5, 5.41) is 7.61.